The van der Waals surface area contributed by atoms with Crippen molar-refractivity contribution in [1.82, 2.24) is 9.97 Å². The van der Waals surface area contributed by atoms with Crippen LogP contribution in [0.15, 0.2) is 28.6 Å². The van der Waals surface area contributed by atoms with Gasteiger partial charge in [0.05, 0.1) is 30.0 Å². The molecule has 4 rings (SSSR count). The van der Waals surface area contributed by atoms with E-state index < -0.39 is 0 Å². The number of aryl methyl sites for hydroxylation is 1. The summed E-state index contributed by atoms with van der Waals surface area (Å²) in [7, 11) is 0. The van der Waals surface area contributed by atoms with Crippen LogP contribution in [0.4, 0.5) is 5.13 Å². The number of hydrogen-bond donors (Lipinski definition) is 1. The standard InChI is InChI=1S/C21H21N3O5S2/c1-3-27-19(26)8-14-10-31-21(22-14)24-18(25)11-30-20-12(2)6-13-7-16-17(9-15(13)23-20)29-5-4-28-16/h6-7,9-10H,3-5,8,11H2,1-2H3,(H,22,24,25). The number of fused-ring (bicyclic) bond motifs is 2. The smallest absolute Gasteiger partial charge is 0.311 e. The molecule has 0 spiro atoms. The number of rotatable bonds is 7. The summed E-state index contributed by atoms with van der Waals surface area (Å²) in [6.07, 6.45) is 0.0909. The fourth-order valence-electron chi connectivity index (χ4n) is 3.04. The van der Waals surface area contributed by atoms with Crippen molar-refractivity contribution in [2.75, 3.05) is 30.9 Å². The van der Waals surface area contributed by atoms with E-state index in [4.69, 9.17) is 19.2 Å². The largest absolute Gasteiger partial charge is 0.486 e. The highest BCUT2D eigenvalue weighted by molar-refractivity contribution is 8.00. The topological polar surface area (TPSA) is 99.6 Å². The molecule has 0 fully saturated rings. The van der Waals surface area contributed by atoms with Crippen LogP contribution < -0.4 is 14.8 Å². The molecule has 0 saturated heterocycles. The van der Waals surface area contributed by atoms with Crippen LogP contribution in [0.3, 0.4) is 0 Å². The maximum atomic E-state index is 12.4. The van der Waals surface area contributed by atoms with Gasteiger partial charge in [-0.2, -0.15) is 0 Å². The van der Waals surface area contributed by atoms with E-state index in [0.717, 1.165) is 27.2 Å². The third-order valence-corrected chi connectivity index (χ3v) is 6.29. The van der Waals surface area contributed by atoms with E-state index in [2.05, 4.69) is 10.3 Å². The molecule has 162 valence electrons. The first-order valence-electron chi connectivity index (χ1n) is 9.75. The van der Waals surface area contributed by atoms with Crippen LogP contribution >= 0.6 is 23.1 Å². The van der Waals surface area contributed by atoms with E-state index in [-0.39, 0.29) is 24.1 Å². The normalized spacial score (nSPS) is 12.6. The van der Waals surface area contributed by atoms with Gasteiger partial charge in [-0.25, -0.2) is 9.97 Å². The van der Waals surface area contributed by atoms with Crippen LogP contribution in [0.5, 0.6) is 11.5 Å². The monoisotopic (exact) mass is 459 g/mol. The minimum Gasteiger partial charge on any atom is -0.486 e. The van der Waals surface area contributed by atoms with Gasteiger partial charge in [0.1, 0.15) is 18.2 Å². The number of esters is 1. The highest BCUT2D eigenvalue weighted by atomic mass is 32.2. The van der Waals surface area contributed by atoms with Crippen LogP contribution in [0.1, 0.15) is 18.2 Å². The summed E-state index contributed by atoms with van der Waals surface area (Å²) >= 11 is 2.63. The summed E-state index contributed by atoms with van der Waals surface area (Å²) in [6, 6.07) is 5.83. The number of thiazole rings is 1. The summed E-state index contributed by atoms with van der Waals surface area (Å²) in [6.45, 7) is 5.10. The molecule has 1 amide bonds. The van der Waals surface area contributed by atoms with Crippen molar-refractivity contribution < 1.29 is 23.8 Å². The summed E-state index contributed by atoms with van der Waals surface area (Å²) in [5.41, 5.74) is 2.35. The lowest BCUT2D eigenvalue weighted by Crippen LogP contribution is -2.15. The molecular formula is C21H21N3O5S2. The Morgan fingerprint density at radius 3 is 2.74 bits per heavy atom. The maximum absolute atomic E-state index is 12.4. The van der Waals surface area contributed by atoms with Crippen molar-refractivity contribution in [2.24, 2.45) is 0 Å². The van der Waals surface area contributed by atoms with E-state index in [1.54, 1.807) is 12.3 Å². The summed E-state index contributed by atoms with van der Waals surface area (Å²) < 4.78 is 16.2. The highest BCUT2D eigenvalue weighted by Gasteiger charge is 2.16. The maximum Gasteiger partial charge on any atom is 0.311 e. The Morgan fingerprint density at radius 1 is 1.19 bits per heavy atom. The number of hydrogen-bond acceptors (Lipinski definition) is 9. The molecule has 1 aromatic carbocycles. The average Bonchev–Trinajstić information content (AvgIpc) is 3.17. The van der Waals surface area contributed by atoms with Gasteiger partial charge in [-0.3, -0.25) is 9.59 Å². The molecule has 0 bridgehead atoms. The van der Waals surface area contributed by atoms with Gasteiger partial charge in [-0.15, -0.1) is 11.3 Å². The van der Waals surface area contributed by atoms with Gasteiger partial charge >= 0.3 is 5.97 Å². The molecule has 3 heterocycles. The predicted octanol–water partition coefficient (Wildman–Crippen LogP) is 3.61. The molecule has 1 N–H and O–H groups in total. The van der Waals surface area contributed by atoms with Gasteiger partial charge in [0.15, 0.2) is 16.6 Å². The third-order valence-electron chi connectivity index (χ3n) is 4.39. The van der Waals surface area contributed by atoms with Crippen molar-refractivity contribution in [2.45, 2.75) is 25.3 Å². The molecule has 0 unspecified atom stereocenters. The van der Waals surface area contributed by atoms with Crippen LogP contribution in [0.2, 0.25) is 0 Å². The number of thioether (sulfide) groups is 1. The Hall–Kier alpha value is -2.85. The first-order chi connectivity index (χ1) is 15.0. The van der Waals surface area contributed by atoms with E-state index >= 15 is 0 Å². The van der Waals surface area contributed by atoms with Gasteiger partial charge in [0, 0.05) is 16.8 Å². The molecule has 10 heteroatoms. The van der Waals surface area contributed by atoms with Crippen LogP contribution in [-0.4, -0.2) is 47.4 Å². The van der Waals surface area contributed by atoms with Gasteiger partial charge in [0.25, 0.3) is 0 Å². The van der Waals surface area contributed by atoms with Crippen LogP contribution in [-0.2, 0) is 20.7 Å². The van der Waals surface area contributed by atoms with Crippen LogP contribution in [0, 0.1) is 6.92 Å². The zero-order valence-corrected chi connectivity index (χ0v) is 18.7. The van der Waals surface area contributed by atoms with Crippen molar-refractivity contribution in [3.63, 3.8) is 0 Å². The van der Waals surface area contributed by atoms with Crippen molar-refractivity contribution in [3.05, 3.63) is 34.8 Å². The van der Waals surface area contributed by atoms with Gasteiger partial charge in [-0.05, 0) is 31.5 Å². The van der Waals surface area contributed by atoms with Crippen molar-refractivity contribution in [1.29, 1.82) is 0 Å². The number of carbonyl (C=O) groups excluding carboxylic acids is 2. The van der Waals surface area contributed by atoms with E-state index in [9.17, 15) is 9.59 Å². The molecule has 0 radical (unpaired) electrons. The minimum absolute atomic E-state index is 0.0909. The predicted molar refractivity (Wildman–Crippen MR) is 119 cm³/mol. The quantitative estimate of drug-likeness (QED) is 0.423. The zero-order chi connectivity index (χ0) is 21.8. The number of pyridine rings is 1. The molecule has 3 aromatic rings. The fourth-order valence-corrected chi connectivity index (χ4v) is 4.56. The highest BCUT2D eigenvalue weighted by Crippen LogP contribution is 2.35. The average molecular weight is 460 g/mol. The Kier molecular flexibility index (Phi) is 6.57. The molecular weight excluding hydrogens is 438 g/mol. The molecule has 0 aliphatic carbocycles. The molecule has 0 saturated carbocycles. The Labute approximate surface area is 187 Å². The number of nitrogens with one attached hydrogen (secondary N) is 1. The molecule has 2 aromatic heterocycles. The lowest BCUT2D eigenvalue weighted by atomic mass is 10.1. The van der Waals surface area contributed by atoms with E-state index in [1.165, 1.54) is 23.1 Å². The molecule has 1 aliphatic heterocycles. The minimum atomic E-state index is -0.336. The Morgan fingerprint density at radius 2 is 1.97 bits per heavy atom. The van der Waals surface area contributed by atoms with E-state index in [1.807, 2.05) is 25.1 Å². The summed E-state index contributed by atoms with van der Waals surface area (Å²) in [4.78, 5) is 32.9. The molecule has 31 heavy (non-hydrogen) atoms. The zero-order valence-electron chi connectivity index (χ0n) is 17.1. The second-order valence-corrected chi connectivity index (χ2v) is 8.58. The van der Waals surface area contributed by atoms with Crippen molar-refractivity contribution >= 4 is 51.0 Å². The number of amides is 1. The first kappa shape index (κ1) is 21.4. The van der Waals surface area contributed by atoms with Gasteiger partial charge in [-0.1, -0.05) is 11.8 Å². The van der Waals surface area contributed by atoms with E-state index in [0.29, 0.717) is 36.4 Å². The number of benzene rings is 1. The molecule has 1 aliphatic rings. The van der Waals surface area contributed by atoms with Gasteiger partial charge in [0.2, 0.25) is 5.91 Å². The Balaban J connectivity index is 1.38. The lowest BCUT2D eigenvalue weighted by Gasteiger charge is -2.19. The van der Waals surface area contributed by atoms with Crippen LogP contribution in [0.25, 0.3) is 10.9 Å². The third kappa shape index (κ3) is 5.26. The number of anilines is 1. The Bertz CT molecular complexity index is 1130. The summed E-state index contributed by atoms with van der Waals surface area (Å²) in [5.74, 6) is 1.08. The fraction of sp³-hybridized carbons (Fsp3) is 0.333. The van der Waals surface area contributed by atoms with Crippen molar-refractivity contribution in [3.8, 4) is 11.5 Å². The number of aromatic nitrogens is 2. The lowest BCUT2D eigenvalue weighted by molar-refractivity contribution is -0.142. The second kappa shape index (κ2) is 9.52. The second-order valence-electron chi connectivity index (χ2n) is 6.76. The summed E-state index contributed by atoms with van der Waals surface area (Å²) in [5, 5.41) is 6.70. The number of nitrogens with zero attached hydrogens (tertiary/aromatic N) is 2. The molecule has 8 nitrogen and oxygen atoms in total. The number of carbonyl (C=O) groups is 2. The number of ether oxygens (including phenoxy) is 3. The van der Waals surface area contributed by atoms with Gasteiger partial charge < -0.3 is 19.5 Å². The first-order valence-corrected chi connectivity index (χ1v) is 11.6. The SMILES string of the molecule is CCOC(=O)Cc1csc(NC(=O)CSc2nc3cc4c(cc3cc2C)OCCO4)n1. The molecule has 0 atom stereocenters.